The van der Waals surface area contributed by atoms with Crippen molar-refractivity contribution < 1.29 is 14.5 Å². The van der Waals surface area contributed by atoms with Gasteiger partial charge in [-0.25, -0.2) is 0 Å². The molecule has 7 heteroatoms. The van der Waals surface area contributed by atoms with E-state index in [2.05, 4.69) is 22.8 Å². The van der Waals surface area contributed by atoms with E-state index in [1.165, 1.54) is 23.3 Å². The third kappa shape index (κ3) is 4.37. The SMILES string of the molecule is O=C(CCOc1ccccc1[N+](=O)[O-])NCC1NCCc2ccccc21. The van der Waals surface area contributed by atoms with Gasteiger partial charge in [0.15, 0.2) is 5.75 Å². The van der Waals surface area contributed by atoms with Crippen molar-refractivity contribution in [3.8, 4) is 5.75 Å². The molecule has 0 spiro atoms. The Balaban J connectivity index is 1.47. The smallest absolute Gasteiger partial charge is 0.310 e. The Labute approximate surface area is 151 Å². The van der Waals surface area contributed by atoms with Gasteiger partial charge in [0.2, 0.25) is 5.91 Å². The summed E-state index contributed by atoms with van der Waals surface area (Å²) in [5.74, 6) is 0.0293. The Bertz CT molecular complexity index is 794. The molecule has 1 aliphatic rings. The van der Waals surface area contributed by atoms with Crippen LogP contribution in [0, 0.1) is 10.1 Å². The molecule has 1 aliphatic heterocycles. The lowest BCUT2D eigenvalue weighted by molar-refractivity contribution is -0.385. The highest BCUT2D eigenvalue weighted by atomic mass is 16.6. The minimum Gasteiger partial charge on any atom is -0.486 e. The molecule has 0 fully saturated rings. The second kappa shape index (κ2) is 8.44. The molecule has 1 atom stereocenters. The molecule has 2 aromatic rings. The second-order valence-electron chi connectivity index (χ2n) is 6.08. The maximum Gasteiger partial charge on any atom is 0.310 e. The maximum atomic E-state index is 12.1. The average molecular weight is 355 g/mol. The van der Waals surface area contributed by atoms with Crippen molar-refractivity contribution in [1.82, 2.24) is 10.6 Å². The molecule has 0 radical (unpaired) electrons. The highest BCUT2D eigenvalue weighted by Crippen LogP contribution is 2.26. The van der Waals surface area contributed by atoms with E-state index in [9.17, 15) is 14.9 Å². The van der Waals surface area contributed by atoms with Crippen LogP contribution in [-0.2, 0) is 11.2 Å². The quantitative estimate of drug-likeness (QED) is 0.587. The number of carbonyl (C=O) groups excluding carboxylic acids is 1. The zero-order chi connectivity index (χ0) is 18.4. The van der Waals surface area contributed by atoms with Crippen LogP contribution in [0.2, 0.25) is 0 Å². The number of nitrogens with one attached hydrogen (secondary N) is 2. The van der Waals surface area contributed by atoms with E-state index in [-0.39, 0.29) is 36.4 Å². The predicted molar refractivity (Wildman–Crippen MR) is 97.1 cm³/mol. The molecule has 0 saturated carbocycles. The van der Waals surface area contributed by atoms with Crippen molar-refractivity contribution in [3.63, 3.8) is 0 Å². The minimum absolute atomic E-state index is 0.0887. The molecule has 2 aromatic carbocycles. The lowest BCUT2D eigenvalue weighted by Gasteiger charge is -2.27. The molecular weight excluding hydrogens is 334 g/mol. The Hall–Kier alpha value is -2.93. The van der Waals surface area contributed by atoms with Gasteiger partial charge in [0, 0.05) is 18.7 Å². The number of benzene rings is 2. The zero-order valence-corrected chi connectivity index (χ0v) is 14.3. The molecular formula is C19H21N3O4. The van der Waals surface area contributed by atoms with Crippen LogP contribution in [0.1, 0.15) is 23.6 Å². The number of para-hydroxylation sites is 2. The molecule has 0 saturated heterocycles. The van der Waals surface area contributed by atoms with E-state index in [1.807, 2.05) is 12.1 Å². The van der Waals surface area contributed by atoms with Crippen LogP contribution in [0.25, 0.3) is 0 Å². The number of rotatable bonds is 7. The fourth-order valence-electron chi connectivity index (χ4n) is 3.06. The monoisotopic (exact) mass is 355 g/mol. The number of nitro groups is 1. The van der Waals surface area contributed by atoms with Crippen LogP contribution >= 0.6 is 0 Å². The van der Waals surface area contributed by atoms with Crippen molar-refractivity contribution in [3.05, 3.63) is 69.8 Å². The number of hydrogen-bond acceptors (Lipinski definition) is 5. The van der Waals surface area contributed by atoms with Crippen LogP contribution in [0.3, 0.4) is 0 Å². The largest absolute Gasteiger partial charge is 0.486 e. The molecule has 0 aliphatic carbocycles. The van der Waals surface area contributed by atoms with Gasteiger partial charge < -0.3 is 15.4 Å². The number of hydrogen-bond donors (Lipinski definition) is 2. The first-order valence-electron chi connectivity index (χ1n) is 8.59. The molecule has 0 bridgehead atoms. The zero-order valence-electron chi connectivity index (χ0n) is 14.3. The number of nitro benzene ring substituents is 1. The Morgan fingerprint density at radius 3 is 2.85 bits per heavy atom. The van der Waals surface area contributed by atoms with Gasteiger partial charge in [-0.2, -0.15) is 0 Å². The van der Waals surface area contributed by atoms with Gasteiger partial charge in [0.1, 0.15) is 0 Å². The summed E-state index contributed by atoms with van der Waals surface area (Å²) in [4.78, 5) is 22.5. The van der Waals surface area contributed by atoms with E-state index < -0.39 is 4.92 Å². The van der Waals surface area contributed by atoms with E-state index >= 15 is 0 Å². The number of ether oxygens (including phenoxy) is 1. The van der Waals surface area contributed by atoms with Gasteiger partial charge in [-0.05, 0) is 30.2 Å². The molecule has 1 heterocycles. The third-order valence-electron chi connectivity index (χ3n) is 4.37. The first-order chi connectivity index (χ1) is 12.6. The average Bonchev–Trinajstić information content (AvgIpc) is 2.66. The molecule has 1 amide bonds. The molecule has 26 heavy (non-hydrogen) atoms. The molecule has 2 N–H and O–H groups in total. The van der Waals surface area contributed by atoms with Gasteiger partial charge in [0.05, 0.1) is 18.0 Å². The first kappa shape index (κ1) is 17.9. The fourth-order valence-corrected chi connectivity index (χ4v) is 3.06. The second-order valence-corrected chi connectivity index (χ2v) is 6.08. The van der Waals surface area contributed by atoms with Crippen molar-refractivity contribution in [2.24, 2.45) is 0 Å². The van der Waals surface area contributed by atoms with E-state index in [0.29, 0.717) is 6.54 Å². The molecule has 136 valence electrons. The van der Waals surface area contributed by atoms with Gasteiger partial charge in [-0.15, -0.1) is 0 Å². The summed E-state index contributed by atoms with van der Waals surface area (Å²) in [6, 6.07) is 14.5. The summed E-state index contributed by atoms with van der Waals surface area (Å²) < 4.78 is 5.40. The van der Waals surface area contributed by atoms with Crippen LogP contribution in [0.15, 0.2) is 48.5 Å². The summed E-state index contributed by atoms with van der Waals surface area (Å²) in [5.41, 5.74) is 2.43. The lowest BCUT2D eigenvalue weighted by atomic mass is 9.94. The first-order valence-corrected chi connectivity index (χ1v) is 8.59. The normalized spacial score (nSPS) is 15.8. The van der Waals surface area contributed by atoms with Crippen molar-refractivity contribution in [2.45, 2.75) is 18.9 Å². The highest BCUT2D eigenvalue weighted by Gasteiger charge is 2.19. The van der Waals surface area contributed by atoms with Crippen LogP contribution < -0.4 is 15.4 Å². The molecule has 3 rings (SSSR count). The number of carbonyl (C=O) groups is 1. The fraction of sp³-hybridized carbons (Fsp3) is 0.316. The predicted octanol–water partition coefficient (Wildman–Crippen LogP) is 2.37. The Morgan fingerprint density at radius 1 is 1.23 bits per heavy atom. The number of nitrogens with zero attached hydrogens (tertiary/aromatic N) is 1. The van der Waals surface area contributed by atoms with Gasteiger partial charge in [0.25, 0.3) is 0 Å². The van der Waals surface area contributed by atoms with Crippen LogP contribution in [0.5, 0.6) is 5.75 Å². The summed E-state index contributed by atoms with van der Waals surface area (Å²) in [7, 11) is 0. The minimum atomic E-state index is -0.498. The maximum absolute atomic E-state index is 12.1. The van der Waals surface area contributed by atoms with E-state index in [4.69, 9.17) is 4.74 Å². The number of fused-ring (bicyclic) bond motifs is 1. The lowest BCUT2D eigenvalue weighted by Crippen LogP contribution is -2.39. The van der Waals surface area contributed by atoms with Crippen LogP contribution in [0.4, 0.5) is 5.69 Å². The van der Waals surface area contributed by atoms with Crippen molar-refractivity contribution in [1.29, 1.82) is 0 Å². The summed E-state index contributed by atoms with van der Waals surface area (Å²) in [6.07, 6.45) is 1.13. The van der Waals surface area contributed by atoms with Crippen molar-refractivity contribution in [2.75, 3.05) is 19.7 Å². The molecule has 0 aromatic heterocycles. The van der Waals surface area contributed by atoms with Crippen molar-refractivity contribution >= 4 is 11.6 Å². The Kier molecular flexibility index (Phi) is 5.80. The topological polar surface area (TPSA) is 93.5 Å². The van der Waals surface area contributed by atoms with Gasteiger partial charge in [-0.1, -0.05) is 36.4 Å². The van der Waals surface area contributed by atoms with E-state index in [0.717, 1.165) is 13.0 Å². The summed E-state index contributed by atoms with van der Waals surface area (Å²) >= 11 is 0. The summed E-state index contributed by atoms with van der Waals surface area (Å²) in [6.45, 7) is 1.48. The standard InChI is InChI=1S/C19H21N3O4/c23-19(10-12-26-18-8-4-3-7-17(18)22(24)25)21-13-16-15-6-2-1-5-14(15)9-11-20-16/h1-8,16,20H,9-13H2,(H,21,23). The highest BCUT2D eigenvalue weighted by molar-refractivity contribution is 5.76. The molecule has 7 nitrogen and oxygen atoms in total. The summed E-state index contributed by atoms with van der Waals surface area (Å²) in [5, 5.41) is 17.2. The van der Waals surface area contributed by atoms with Crippen LogP contribution in [-0.4, -0.2) is 30.5 Å². The van der Waals surface area contributed by atoms with Gasteiger partial charge >= 0.3 is 5.69 Å². The molecule has 1 unspecified atom stereocenters. The third-order valence-corrected chi connectivity index (χ3v) is 4.37. The Morgan fingerprint density at radius 2 is 2.00 bits per heavy atom. The van der Waals surface area contributed by atoms with Gasteiger partial charge in [-0.3, -0.25) is 14.9 Å². The number of amides is 1. The van der Waals surface area contributed by atoms with E-state index in [1.54, 1.807) is 12.1 Å².